The Labute approximate surface area is 336 Å². The molecule has 0 bridgehead atoms. The van der Waals surface area contributed by atoms with Gasteiger partial charge in [-0.3, -0.25) is 19.2 Å². The molecule has 1 aliphatic carbocycles. The number of carboxylic acids is 1. The average molecular weight is 798 g/mol. The van der Waals surface area contributed by atoms with E-state index in [1.807, 2.05) is 13.8 Å². The largest absolute Gasteiger partial charge is 0.480 e. The number of nitrogens with zero attached hydrogens (tertiary/aromatic N) is 1. The van der Waals surface area contributed by atoms with Gasteiger partial charge in [0, 0.05) is 27.1 Å². The summed E-state index contributed by atoms with van der Waals surface area (Å²) in [6.45, 7) is 18.7. The summed E-state index contributed by atoms with van der Waals surface area (Å²) in [7, 11) is 5.23. The number of ether oxygens (including phenoxy) is 1. The maximum atomic E-state index is 13.4. The van der Waals surface area contributed by atoms with E-state index in [4.69, 9.17) is 14.9 Å². The van der Waals surface area contributed by atoms with Crippen LogP contribution in [-0.4, -0.2) is 110 Å². The topological polar surface area (TPSA) is 186 Å². The zero-order valence-electron chi connectivity index (χ0n) is 36.4. The molecule has 1 fully saturated rings. The minimum absolute atomic E-state index is 0.000372. The van der Waals surface area contributed by atoms with Gasteiger partial charge in [0.15, 0.2) is 0 Å². The number of hydrogen-bond donors (Lipinski definition) is 6. The number of aliphatic carboxylic acids is 1. The van der Waals surface area contributed by atoms with E-state index in [2.05, 4.69) is 62.8 Å². The molecular formula is C42H76FN5O8. The van der Waals surface area contributed by atoms with Crippen LogP contribution in [0.15, 0.2) is 24.3 Å². The Balaban J connectivity index is 0. The normalized spacial score (nSPS) is 15.6. The van der Waals surface area contributed by atoms with E-state index in [0.717, 1.165) is 25.8 Å². The monoisotopic (exact) mass is 798 g/mol. The van der Waals surface area contributed by atoms with Crippen molar-refractivity contribution in [1.29, 1.82) is 0 Å². The second kappa shape index (κ2) is 30.5. The van der Waals surface area contributed by atoms with Crippen molar-refractivity contribution in [3.05, 3.63) is 35.6 Å². The van der Waals surface area contributed by atoms with E-state index in [1.54, 1.807) is 32.2 Å². The van der Waals surface area contributed by atoms with Gasteiger partial charge >= 0.3 is 5.97 Å². The second-order valence-corrected chi connectivity index (χ2v) is 15.0. The summed E-state index contributed by atoms with van der Waals surface area (Å²) in [5.41, 5.74) is 0.724. The van der Waals surface area contributed by atoms with Crippen LogP contribution in [-0.2, 0) is 35.1 Å². The van der Waals surface area contributed by atoms with Gasteiger partial charge in [-0.25, -0.2) is 9.18 Å². The van der Waals surface area contributed by atoms with Crippen molar-refractivity contribution in [2.75, 3.05) is 40.9 Å². The number of carboxylic acid groups (broad SMARTS) is 1. The first kappa shape index (κ1) is 54.5. The highest BCUT2D eigenvalue weighted by Gasteiger charge is 2.40. The van der Waals surface area contributed by atoms with E-state index >= 15 is 0 Å². The van der Waals surface area contributed by atoms with Crippen molar-refractivity contribution in [2.45, 2.75) is 138 Å². The van der Waals surface area contributed by atoms with Crippen LogP contribution in [0.1, 0.15) is 113 Å². The molecule has 324 valence electrons. The fraction of sp³-hybridized carbons (Fsp3) is 0.738. The number of carbonyl (C=O) groups excluding carboxylic acids is 4. The number of methoxy groups -OCH3 is 1. The zero-order valence-corrected chi connectivity index (χ0v) is 36.4. The summed E-state index contributed by atoms with van der Waals surface area (Å²) < 4.78 is 19.0. The molecule has 56 heavy (non-hydrogen) atoms. The molecule has 6 unspecified atom stereocenters. The number of hydrogen-bond acceptors (Lipinski definition) is 8. The summed E-state index contributed by atoms with van der Waals surface area (Å²) in [6.07, 6.45) is 8.82. The average Bonchev–Trinajstić information content (AvgIpc) is 3.94. The van der Waals surface area contributed by atoms with Crippen molar-refractivity contribution >= 4 is 30.1 Å². The summed E-state index contributed by atoms with van der Waals surface area (Å²) in [5, 5.41) is 28.6. The summed E-state index contributed by atoms with van der Waals surface area (Å²) in [5.74, 6) is -2.81. The molecule has 0 aliphatic heterocycles. The molecule has 1 aliphatic rings. The number of nitrogens with one attached hydrogen (secondary N) is 4. The van der Waals surface area contributed by atoms with Gasteiger partial charge in [-0.05, 0) is 61.6 Å². The Morgan fingerprint density at radius 3 is 2.00 bits per heavy atom. The second-order valence-electron chi connectivity index (χ2n) is 15.0. The molecule has 14 heteroatoms. The molecule has 0 radical (unpaired) electrons. The maximum Gasteiger partial charge on any atom is 0.326 e. The Bertz CT molecular complexity index is 1260. The van der Waals surface area contributed by atoms with Crippen molar-refractivity contribution in [1.82, 2.24) is 26.2 Å². The third-order valence-electron chi connectivity index (χ3n) is 9.84. The van der Waals surface area contributed by atoms with E-state index < -0.39 is 29.7 Å². The Morgan fingerprint density at radius 2 is 1.59 bits per heavy atom. The number of carbonyl (C=O) groups is 5. The molecule has 6 atom stereocenters. The number of amides is 4. The number of halogens is 1. The van der Waals surface area contributed by atoms with Crippen LogP contribution in [0.2, 0.25) is 0 Å². The lowest BCUT2D eigenvalue weighted by atomic mass is 9.91. The summed E-state index contributed by atoms with van der Waals surface area (Å²) in [6, 6.07) is 4.27. The quantitative estimate of drug-likeness (QED) is 0.0885. The van der Waals surface area contributed by atoms with Gasteiger partial charge < -0.3 is 41.1 Å². The molecule has 1 aromatic rings. The molecular weight excluding hydrogens is 721 g/mol. The summed E-state index contributed by atoms with van der Waals surface area (Å²) >= 11 is 0. The van der Waals surface area contributed by atoms with Gasteiger partial charge in [0.2, 0.25) is 24.1 Å². The lowest BCUT2D eigenvalue weighted by Gasteiger charge is -2.37. The van der Waals surface area contributed by atoms with E-state index in [9.17, 15) is 28.4 Å². The highest BCUT2D eigenvalue weighted by atomic mass is 19.1. The first-order valence-electron chi connectivity index (χ1n) is 20.2. The number of likely N-dealkylation sites (N-methyl/N-ethyl adjacent to an activating group) is 2. The highest BCUT2D eigenvalue weighted by Crippen LogP contribution is 2.48. The van der Waals surface area contributed by atoms with Crippen molar-refractivity contribution < 1.29 is 43.3 Å². The van der Waals surface area contributed by atoms with Crippen molar-refractivity contribution in [3.8, 4) is 0 Å². The minimum Gasteiger partial charge on any atom is -0.480 e. The number of aliphatic hydroxyl groups is 1. The predicted octanol–water partition coefficient (Wildman–Crippen LogP) is 4.94. The Hall–Kier alpha value is -3.62. The van der Waals surface area contributed by atoms with Crippen LogP contribution in [0.5, 0.6) is 0 Å². The van der Waals surface area contributed by atoms with Crippen LogP contribution >= 0.6 is 0 Å². The van der Waals surface area contributed by atoms with Gasteiger partial charge in [-0.1, -0.05) is 99.8 Å². The lowest BCUT2D eigenvalue weighted by molar-refractivity contribution is -0.142. The highest BCUT2D eigenvalue weighted by molar-refractivity contribution is 5.87. The fourth-order valence-corrected chi connectivity index (χ4v) is 6.08. The maximum absolute atomic E-state index is 13.4. The number of rotatable bonds is 22. The van der Waals surface area contributed by atoms with Gasteiger partial charge in [-0.2, -0.15) is 0 Å². The first-order chi connectivity index (χ1) is 26.4. The molecule has 1 aromatic carbocycles. The molecule has 13 nitrogen and oxygen atoms in total. The standard InChI is InChI=1S/C18H37N3O3.C13H16FNO4.C8H15NO.C3H8/c1-9-13(5)17(14(10-2)24-8)21(7)15(22)11-20-18(23)16(19-6)12(3)4;1-8(7-16)12(17)15-11(13(18)19)6-9-4-2-3-5-10(9)14;1-2-3-8(4-5-8)6-9-7-10;1-3-2/h12-14,16-17,19H,9-11H2,1-8H3,(H,20,23);2-5,8,11,16H,6-7H2,1H3,(H,15,17)(H,18,19);7H,2-6H2,1H3,(H,9,10);3H2,1-2H3. The van der Waals surface area contributed by atoms with Crippen LogP contribution in [0.4, 0.5) is 4.39 Å². The van der Waals surface area contributed by atoms with Gasteiger partial charge in [0.25, 0.3) is 0 Å². The smallest absolute Gasteiger partial charge is 0.326 e. The van der Waals surface area contributed by atoms with Crippen LogP contribution < -0.4 is 21.3 Å². The molecule has 0 heterocycles. The van der Waals surface area contributed by atoms with Crippen molar-refractivity contribution in [2.24, 2.45) is 23.2 Å². The van der Waals surface area contributed by atoms with Crippen LogP contribution in [0.25, 0.3) is 0 Å². The Morgan fingerprint density at radius 1 is 1.00 bits per heavy atom. The SMILES string of the molecule is CC(CO)C(=O)NC(Cc1ccccc1F)C(=O)O.CCC.CCC(C)C(C(CC)OC)N(C)C(=O)CNC(=O)C(NC)C(C)C.CCCC1(CNC=O)CC1. The number of benzene rings is 1. The molecule has 1 saturated carbocycles. The molecule has 0 aromatic heterocycles. The molecule has 6 N–H and O–H groups in total. The third kappa shape index (κ3) is 21.1. The number of aliphatic hydroxyl groups excluding tert-OH is 1. The third-order valence-corrected chi connectivity index (χ3v) is 9.84. The molecule has 0 saturated heterocycles. The van der Waals surface area contributed by atoms with Crippen LogP contribution in [0.3, 0.4) is 0 Å². The molecule has 0 spiro atoms. The van der Waals surface area contributed by atoms with E-state index in [1.165, 1.54) is 57.2 Å². The lowest BCUT2D eigenvalue weighted by Crippen LogP contribution is -2.53. The first-order valence-corrected chi connectivity index (χ1v) is 20.2. The summed E-state index contributed by atoms with van der Waals surface area (Å²) in [4.78, 5) is 59.0. The van der Waals surface area contributed by atoms with Crippen molar-refractivity contribution in [3.63, 3.8) is 0 Å². The predicted molar refractivity (Wildman–Crippen MR) is 220 cm³/mol. The molecule has 4 amide bonds. The zero-order chi connectivity index (χ0) is 43.4. The molecule has 2 rings (SSSR count). The van der Waals surface area contributed by atoms with E-state index in [0.29, 0.717) is 11.3 Å². The van der Waals surface area contributed by atoms with Crippen LogP contribution in [0, 0.1) is 29.0 Å². The Kier molecular flexibility index (Phi) is 29.7. The fourth-order valence-electron chi connectivity index (χ4n) is 6.08. The minimum atomic E-state index is -1.25. The van der Waals surface area contributed by atoms with Gasteiger partial charge in [0.05, 0.1) is 37.3 Å². The van der Waals surface area contributed by atoms with Gasteiger partial charge in [-0.15, -0.1) is 0 Å². The van der Waals surface area contributed by atoms with E-state index in [-0.39, 0.29) is 61.1 Å². The van der Waals surface area contributed by atoms with Gasteiger partial charge in [0.1, 0.15) is 11.9 Å².